The molecular weight excluding hydrogens is 276 g/mol. The van der Waals surface area contributed by atoms with E-state index in [4.69, 9.17) is 0 Å². The van der Waals surface area contributed by atoms with E-state index in [1.807, 2.05) is 35.2 Å². The molecule has 0 spiro atoms. The Morgan fingerprint density at radius 3 is 2.64 bits per heavy atom. The van der Waals surface area contributed by atoms with E-state index in [1.165, 1.54) is 12.8 Å². The van der Waals surface area contributed by atoms with E-state index >= 15 is 0 Å². The molecule has 0 bridgehead atoms. The molecule has 1 saturated carbocycles. The fourth-order valence-electron chi connectivity index (χ4n) is 2.85. The quantitative estimate of drug-likeness (QED) is 0.850. The highest BCUT2D eigenvalue weighted by atomic mass is 16.2. The largest absolute Gasteiger partial charge is 0.350 e. The van der Waals surface area contributed by atoms with Gasteiger partial charge in [0.2, 0.25) is 11.8 Å². The molecule has 2 fully saturated rings. The van der Waals surface area contributed by atoms with Gasteiger partial charge >= 0.3 is 0 Å². The number of anilines is 1. The summed E-state index contributed by atoms with van der Waals surface area (Å²) in [6.45, 7) is 2.86. The molecule has 2 aliphatic rings. The van der Waals surface area contributed by atoms with Crippen LogP contribution in [0, 0.1) is 5.92 Å². The normalized spacial score (nSPS) is 19.7. The maximum absolute atomic E-state index is 11.8. The molecule has 0 radical (unpaired) electrons. The zero-order valence-corrected chi connectivity index (χ0v) is 12.9. The minimum absolute atomic E-state index is 0.0433. The van der Waals surface area contributed by atoms with Crippen molar-refractivity contribution in [3.63, 3.8) is 0 Å². The summed E-state index contributed by atoms with van der Waals surface area (Å²) in [5, 5.41) is 3.00. The molecule has 3 rings (SSSR count). The topological polar surface area (TPSA) is 49.4 Å². The Morgan fingerprint density at radius 1 is 1.32 bits per heavy atom. The first kappa shape index (κ1) is 14.8. The molecule has 1 unspecified atom stereocenters. The van der Waals surface area contributed by atoms with Crippen LogP contribution in [0.5, 0.6) is 0 Å². The summed E-state index contributed by atoms with van der Waals surface area (Å²) in [6, 6.07) is 8.02. The van der Waals surface area contributed by atoms with Crippen molar-refractivity contribution < 1.29 is 9.59 Å². The van der Waals surface area contributed by atoms with Gasteiger partial charge in [-0.25, -0.2) is 0 Å². The molecule has 1 aliphatic heterocycles. The molecule has 1 atom stereocenters. The van der Waals surface area contributed by atoms with Gasteiger partial charge in [-0.05, 0) is 55.9 Å². The van der Waals surface area contributed by atoms with Crippen molar-refractivity contribution in [3.8, 4) is 0 Å². The van der Waals surface area contributed by atoms with Crippen molar-refractivity contribution in [3.05, 3.63) is 35.9 Å². The number of carbonyl (C=O) groups is 2. The lowest BCUT2D eigenvalue weighted by atomic mass is 10.1. The number of amides is 2. The fourth-order valence-corrected chi connectivity index (χ4v) is 2.85. The third kappa shape index (κ3) is 3.56. The van der Waals surface area contributed by atoms with Gasteiger partial charge in [0.05, 0.1) is 0 Å². The van der Waals surface area contributed by atoms with E-state index in [-0.39, 0.29) is 17.9 Å². The molecule has 1 aromatic rings. The summed E-state index contributed by atoms with van der Waals surface area (Å²) in [4.78, 5) is 25.3. The number of nitrogens with one attached hydrogen (secondary N) is 1. The van der Waals surface area contributed by atoms with Crippen molar-refractivity contribution in [2.45, 2.75) is 38.6 Å². The average Bonchev–Trinajstić information content (AvgIpc) is 3.28. The van der Waals surface area contributed by atoms with Crippen LogP contribution in [-0.2, 0) is 9.59 Å². The molecule has 2 amide bonds. The Kier molecular flexibility index (Phi) is 4.27. The second kappa shape index (κ2) is 6.34. The molecule has 1 N–H and O–H groups in total. The smallest absolute Gasteiger partial charge is 0.244 e. The highest BCUT2D eigenvalue weighted by molar-refractivity contribution is 5.95. The lowest BCUT2D eigenvalue weighted by Crippen LogP contribution is -2.32. The fraction of sp³-hybridized carbons (Fsp3) is 0.444. The van der Waals surface area contributed by atoms with Crippen molar-refractivity contribution >= 4 is 23.6 Å². The van der Waals surface area contributed by atoms with Crippen molar-refractivity contribution in [1.82, 2.24) is 5.32 Å². The molecule has 116 valence electrons. The van der Waals surface area contributed by atoms with Crippen LogP contribution in [0.4, 0.5) is 5.69 Å². The van der Waals surface area contributed by atoms with Gasteiger partial charge in [-0.15, -0.1) is 0 Å². The van der Waals surface area contributed by atoms with Gasteiger partial charge in [-0.1, -0.05) is 12.1 Å². The first-order valence-electron chi connectivity index (χ1n) is 8.02. The van der Waals surface area contributed by atoms with Gasteiger partial charge in [-0.2, -0.15) is 0 Å². The molecule has 22 heavy (non-hydrogen) atoms. The molecule has 4 heteroatoms. The van der Waals surface area contributed by atoms with Gasteiger partial charge in [0.15, 0.2) is 0 Å². The average molecular weight is 298 g/mol. The van der Waals surface area contributed by atoms with Gasteiger partial charge in [-0.3, -0.25) is 9.59 Å². The van der Waals surface area contributed by atoms with Crippen molar-refractivity contribution in [2.75, 3.05) is 11.4 Å². The van der Waals surface area contributed by atoms with Crippen molar-refractivity contribution in [1.29, 1.82) is 0 Å². The first-order valence-corrected chi connectivity index (χ1v) is 8.02. The number of nitrogens with zero attached hydrogens (tertiary/aromatic N) is 1. The van der Waals surface area contributed by atoms with Crippen LogP contribution in [-0.4, -0.2) is 24.4 Å². The molecule has 4 nitrogen and oxygen atoms in total. The van der Waals surface area contributed by atoms with Crippen LogP contribution in [0.3, 0.4) is 0 Å². The van der Waals surface area contributed by atoms with E-state index in [0.29, 0.717) is 12.3 Å². The third-order valence-electron chi connectivity index (χ3n) is 4.40. The zero-order valence-electron chi connectivity index (χ0n) is 12.9. The van der Waals surface area contributed by atoms with Gasteiger partial charge in [0, 0.05) is 30.8 Å². The molecule has 1 aliphatic carbocycles. The van der Waals surface area contributed by atoms with E-state index in [0.717, 1.165) is 24.2 Å². The monoisotopic (exact) mass is 298 g/mol. The summed E-state index contributed by atoms with van der Waals surface area (Å²) in [6.07, 6.45) is 7.41. The molecule has 0 aromatic heterocycles. The van der Waals surface area contributed by atoms with Gasteiger partial charge in [0.1, 0.15) is 0 Å². The summed E-state index contributed by atoms with van der Waals surface area (Å²) in [5.74, 6) is 0.810. The molecule has 1 saturated heterocycles. The highest BCUT2D eigenvalue weighted by Gasteiger charge is 2.28. The van der Waals surface area contributed by atoms with E-state index in [9.17, 15) is 9.59 Å². The Labute approximate surface area is 131 Å². The number of carbonyl (C=O) groups excluding carboxylic acids is 2. The maximum atomic E-state index is 11.8. The highest BCUT2D eigenvalue weighted by Crippen LogP contribution is 2.32. The second-order valence-corrected chi connectivity index (χ2v) is 6.21. The number of benzene rings is 1. The minimum Gasteiger partial charge on any atom is -0.350 e. The van der Waals surface area contributed by atoms with Crippen LogP contribution in [0.1, 0.15) is 38.2 Å². The Hall–Kier alpha value is -2.10. The van der Waals surface area contributed by atoms with Crippen LogP contribution in [0.2, 0.25) is 0 Å². The summed E-state index contributed by atoms with van der Waals surface area (Å²) in [7, 11) is 0. The van der Waals surface area contributed by atoms with Crippen molar-refractivity contribution in [2.24, 2.45) is 5.92 Å². The minimum atomic E-state index is -0.0433. The Morgan fingerprint density at radius 2 is 2.05 bits per heavy atom. The van der Waals surface area contributed by atoms with Gasteiger partial charge in [0.25, 0.3) is 0 Å². The number of rotatable bonds is 5. The van der Waals surface area contributed by atoms with Crippen LogP contribution in [0.15, 0.2) is 30.3 Å². The lowest BCUT2D eigenvalue weighted by Gasteiger charge is -2.15. The Balaban J connectivity index is 1.57. The standard InChI is InChI=1S/C18H22N2O2/c1-13(15-7-8-15)19-17(21)11-6-14-4-9-16(10-5-14)20-12-2-3-18(20)22/h4-6,9-11,13,15H,2-3,7-8,12H2,1H3,(H,19,21). The SMILES string of the molecule is CC(NC(=O)C=Cc1ccc(N2CCCC2=O)cc1)C1CC1. The maximum Gasteiger partial charge on any atom is 0.244 e. The molecular formula is C18H22N2O2. The van der Waals surface area contributed by atoms with Crippen LogP contribution in [0.25, 0.3) is 6.08 Å². The third-order valence-corrected chi connectivity index (χ3v) is 4.40. The predicted octanol–water partition coefficient (Wildman–Crippen LogP) is 2.74. The lowest BCUT2D eigenvalue weighted by molar-refractivity contribution is -0.117. The first-order chi connectivity index (χ1) is 10.6. The molecule has 1 aromatic carbocycles. The second-order valence-electron chi connectivity index (χ2n) is 6.21. The predicted molar refractivity (Wildman–Crippen MR) is 87.4 cm³/mol. The summed E-state index contributed by atoms with van der Waals surface area (Å²) >= 11 is 0. The zero-order chi connectivity index (χ0) is 15.5. The summed E-state index contributed by atoms with van der Waals surface area (Å²) < 4.78 is 0. The molecule has 1 heterocycles. The van der Waals surface area contributed by atoms with Crippen LogP contribution >= 0.6 is 0 Å². The Bertz CT molecular complexity index is 588. The van der Waals surface area contributed by atoms with E-state index in [1.54, 1.807) is 6.08 Å². The van der Waals surface area contributed by atoms with E-state index in [2.05, 4.69) is 12.2 Å². The van der Waals surface area contributed by atoms with E-state index < -0.39 is 0 Å². The van der Waals surface area contributed by atoms with Gasteiger partial charge < -0.3 is 10.2 Å². The number of hydrogen-bond acceptors (Lipinski definition) is 2. The van der Waals surface area contributed by atoms with Crippen LogP contribution < -0.4 is 10.2 Å². The summed E-state index contributed by atoms with van der Waals surface area (Å²) in [5.41, 5.74) is 1.90. The number of hydrogen-bond donors (Lipinski definition) is 1.